The fraction of sp³-hybridized carbons (Fsp3) is 0.176. The van der Waals surface area contributed by atoms with Crippen LogP contribution in [-0.2, 0) is 11.3 Å². The van der Waals surface area contributed by atoms with E-state index in [4.69, 9.17) is 5.26 Å². The van der Waals surface area contributed by atoms with Crippen LogP contribution in [0.15, 0.2) is 53.4 Å². The fourth-order valence-electron chi connectivity index (χ4n) is 1.80. The number of rotatable bonds is 6. The summed E-state index contributed by atoms with van der Waals surface area (Å²) < 4.78 is 13.4. The van der Waals surface area contributed by atoms with E-state index in [-0.39, 0.29) is 11.7 Å². The molecule has 0 heterocycles. The molecule has 0 aliphatic heterocycles. The van der Waals surface area contributed by atoms with Gasteiger partial charge in [0.25, 0.3) is 0 Å². The summed E-state index contributed by atoms with van der Waals surface area (Å²) in [6.45, 7) is 0.426. The van der Waals surface area contributed by atoms with Crippen LogP contribution in [0, 0.1) is 17.1 Å². The predicted octanol–water partition coefficient (Wildman–Crippen LogP) is 3.50. The second-order valence-corrected chi connectivity index (χ2v) is 5.75. The molecule has 0 atom stereocenters. The number of carbonyl (C=O) groups excluding carboxylic acids is 1. The molecule has 0 fully saturated rings. The van der Waals surface area contributed by atoms with E-state index in [1.807, 2.05) is 18.2 Å². The summed E-state index contributed by atoms with van der Waals surface area (Å²) in [6, 6.07) is 15.6. The summed E-state index contributed by atoms with van der Waals surface area (Å²) in [4.78, 5) is 12.3. The molecule has 1 amide bonds. The zero-order valence-electron chi connectivity index (χ0n) is 11.9. The van der Waals surface area contributed by atoms with Gasteiger partial charge in [0.05, 0.1) is 11.6 Å². The predicted molar refractivity (Wildman–Crippen MR) is 84.7 cm³/mol. The maximum atomic E-state index is 13.4. The first-order chi connectivity index (χ1) is 10.7. The zero-order chi connectivity index (χ0) is 15.8. The van der Waals surface area contributed by atoms with Crippen molar-refractivity contribution in [1.29, 1.82) is 5.26 Å². The van der Waals surface area contributed by atoms with E-state index in [9.17, 15) is 9.18 Å². The third kappa shape index (κ3) is 4.90. The van der Waals surface area contributed by atoms with Gasteiger partial charge in [0.1, 0.15) is 5.82 Å². The first-order valence-corrected chi connectivity index (χ1v) is 7.80. The Morgan fingerprint density at radius 2 is 1.91 bits per heavy atom. The van der Waals surface area contributed by atoms with E-state index in [1.54, 1.807) is 30.3 Å². The molecule has 22 heavy (non-hydrogen) atoms. The van der Waals surface area contributed by atoms with Crippen LogP contribution < -0.4 is 5.32 Å². The molecule has 0 unspecified atom stereocenters. The number of halogens is 1. The van der Waals surface area contributed by atoms with E-state index in [2.05, 4.69) is 5.32 Å². The van der Waals surface area contributed by atoms with Crippen molar-refractivity contribution < 1.29 is 9.18 Å². The number of carbonyl (C=O) groups is 1. The summed E-state index contributed by atoms with van der Waals surface area (Å²) in [5.41, 5.74) is 1.53. The largest absolute Gasteiger partial charge is 0.352 e. The molecule has 3 nitrogen and oxygen atoms in total. The lowest BCUT2D eigenvalue weighted by Crippen LogP contribution is -2.22. The van der Waals surface area contributed by atoms with Gasteiger partial charge in [0.2, 0.25) is 5.91 Å². The second kappa shape index (κ2) is 8.20. The topological polar surface area (TPSA) is 52.9 Å². The number of thioether (sulfide) groups is 1. The Morgan fingerprint density at radius 1 is 1.18 bits per heavy atom. The molecule has 2 rings (SSSR count). The third-order valence-electron chi connectivity index (χ3n) is 3.00. The third-order valence-corrected chi connectivity index (χ3v) is 4.05. The van der Waals surface area contributed by atoms with Gasteiger partial charge < -0.3 is 5.32 Å². The minimum absolute atomic E-state index is 0.0757. The summed E-state index contributed by atoms with van der Waals surface area (Å²) in [6.07, 6.45) is 0.329. The Hall–Kier alpha value is -2.32. The molecule has 2 aromatic rings. The lowest BCUT2D eigenvalue weighted by Gasteiger charge is -2.06. The molecule has 2 aromatic carbocycles. The number of nitriles is 1. The van der Waals surface area contributed by atoms with Gasteiger partial charge in [-0.1, -0.05) is 24.3 Å². The molecule has 0 saturated heterocycles. The van der Waals surface area contributed by atoms with Gasteiger partial charge in [0, 0.05) is 23.6 Å². The summed E-state index contributed by atoms with van der Waals surface area (Å²) in [5.74, 6) is 0.193. The lowest BCUT2D eigenvalue weighted by molar-refractivity contribution is -0.120. The number of nitrogens with one attached hydrogen (secondary N) is 1. The monoisotopic (exact) mass is 314 g/mol. The van der Waals surface area contributed by atoms with E-state index in [0.717, 1.165) is 5.56 Å². The molecule has 0 saturated carbocycles. The van der Waals surface area contributed by atoms with Gasteiger partial charge in [-0.05, 0) is 29.8 Å². The molecular weight excluding hydrogens is 299 g/mol. The zero-order valence-corrected chi connectivity index (χ0v) is 12.7. The number of benzene rings is 2. The van der Waals surface area contributed by atoms with Crippen molar-refractivity contribution in [3.63, 3.8) is 0 Å². The number of hydrogen-bond donors (Lipinski definition) is 1. The summed E-state index contributed by atoms with van der Waals surface area (Å²) in [7, 11) is 0. The Kier molecular flexibility index (Phi) is 5.99. The molecule has 1 N–H and O–H groups in total. The highest BCUT2D eigenvalue weighted by Gasteiger charge is 2.05. The SMILES string of the molecule is N#Cc1ccc(CNC(=O)CCSc2ccccc2F)cc1. The van der Waals surface area contributed by atoms with Gasteiger partial charge in [-0.2, -0.15) is 5.26 Å². The smallest absolute Gasteiger partial charge is 0.221 e. The molecule has 0 aliphatic carbocycles. The molecule has 0 radical (unpaired) electrons. The van der Waals surface area contributed by atoms with E-state index < -0.39 is 0 Å². The van der Waals surface area contributed by atoms with Crippen molar-refractivity contribution >= 4 is 17.7 Å². The van der Waals surface area contributed by atoms with Crippen molar-refractivity contribution in [2.45, 2.75) is 17.9 Å². The Labute approximate surface area is 133 Å². The average Bonchev–Trinajstić information content (AvgIpc) is 2.55. The number of amides is 1. The highest BCUT2D eigenvalue weighted by molar-refractivity contribution is 7.99. The number of hydrogen-bond acceptors (Lipinski definition) is 3. The van der Waals surface area contributed by atoms with Crippen molar-refractivity contribution in [2.75, 3.05) is 5.75 Å². The van der Waals surface area contributed by atoms with Crippen molar-refractivity contribution in [3.8, 4) is 6.07 Å². The highest BCUT2D eigenvalue weighted by Crippen LogP contribution is 2.21. The number of nitrogens with zero attached hydrogens (tertiary/aromatic N) is 1. The highest BCUT2D eigenvalue weighted by atomic mass is 32.2. The average molecular weight is 314 g/mol. The van der Waals surface area contributed by atoms with Crippen molar-refractivity contribution in [2.24, 2.45) is 0 Å². The first kappa shape index (κ1) is 16.1. The fourth-order valence-corrected chi connectivity index (χ4v) is 2.69. The maximum Gasteiger partial charge on any atom is 0.221 e. The second-order valence-electron chi connectivity index (χ2n) is 4.61. The van der Waals surface area contributed by atoms with Gasteiger partial charge in [-0.3, -0.25) is 4.79 Å². The Morgan fingerprint density at radius 3 is 2.59 bits per heavy atom. The molecule has 0 aromatic heterocycles. The van der Waals surface area contributed by atoms with Crippen molar-refractivity contribution in [1.82, 2.24) is 5.32 Å². The van der Waals surface area contributed by atoms with Crippen LogP contribution in [0.3, 0.4) is 0 Å². The van der Waals surface area contributed by atoms with E-state index in [0.29, 0.717) is 29.2 Å². The van der Waals surface area contributed by atoms with Gasteiger partial charge in [-0.25, -0.2) is 4.39 Å². The standard InChI is InChI=1S/C17H15FN2OS/c18-15-3-1-2-4-16(15)22-10-9-17(21)20-12-14-7-5-13(11-19)6-8-14/h1-8H,9-10,12H2,(H,20,21). The van der Waals surface area contributed by atoms with Crippen LogP contribution in [0.5, 0.6) is 0 Å². The molecule has 0 aliphatic rings. The van der Waals surface area contributed by atoms with Crippen molar-refractivity contribution in [3.05, 3.63) is 65.5 Å². The van der Waals surface area contributed by atoms with Crippen LogP contribution >= 0.6 is 11.8 Å². The minimum Gasteiger partial charge on any atom is -0.352 e. The molecule has 112 valence electrons. The molecule has 0 spiro atoms. The Bertz CT molecular complexity index is 680. The molecule has 0 bridgehead atoms. The van der Waals surface area contributed by atoms with Crippen LogP contribution in [0.4, 0.5) is 4.39 Å². The summed E-state index contributed by atoms with van der Waals surface area (Å²) >= 11 is 1.33. The Balaban J connectivity index is 1.72. The first-order valence-electron chi connectivity index (χ1n) is 6.82. The van der Waals surface area contributed by atoms with Crippen LogP contribution in [0.1, 0.15) is 17.5 Å². The molecular formula is C17H15FN2OS. The lowest BCUT2D eigenvalue weighted by atomic mass is 10.1. The van der Waals surface area contributed by atoms with Gasteiger partial charge >= 0.3 is 0 Å². The van der Waals surface area contributed by atoms with Gasteiger partial charge in [0.15, 0.2) is 0 Å². The maximum absolute atomic E-state index is 13.4. The summed E-state index contributed by atoms with van der Waals surface area (Å²) in [5, 5.41) is 11.5. The van der Waals surface area contributed by atoms with Crippen LogP contribution in [-0.4, -0.2) is 11.7 Å². The van der Waals surface area contributed by atoms with E-state index in [1.165, 1.54) is 17.8 Å². The minimum atomic E-state index is -0.259. The van der Waals surface area contributed by atoms with Crippen LogP contribution in [0.2, 0.25) is 0 Å². The normalized spacial score (nSPS) is 10.0. The quantitative estimate of drug-likeness (QED) is 0.830. The van der Waals surface area contributed by atoms with E-state index >= 15 is 0 Å². The molecule has 5 heteroatoms. The van der Waals surface area contributed by atoms with Crippen LogP contribution in [0.25, 0.3) is 0 Å². The van der Waals surface area contributed by atoms with Gasteiger partial charge in [-0.15, -0.1) is 11.8 Å².